The summed E-state index contributed by atoms with van der Waals surface area (Å²) in [4.78, 5) is 12.3. The fourth-order valence-corrected chi connectivity index (χ4v) is 3.22. The molecule has 0 fully saturated rings. The maximum Gasteiger partial charge on any atom is 0.265 e. The molecular weight excluding hydrogens is 354 g/mol. The monoisotopic (exact) mass is 373 g/mol. The molecule has 3 rings (SSSR count). The van der Waals surface area contributed by atoms with Crippen molar-refractivity contribution in [1.82, 2.24) is 0 Å². The van der Waals surface area contributed by atoms with E-state index in [4.69, 9.17) is 4.74 Å². The van der Waals surface area contributed by atoms with Crippen molar-refractivity contribution in [2.24, 2.45) is 0 Å². The molecule has 0 spiro atoms. The van der Waals surface area contributed by atoms with Crippen LogP contribution < -0.4 is 10.1 Å². The number of para-hydroxylation sites is 1. The lowest BCUT2D eigenvalue weighted by Crippen LogP contribution is -2.30. The number of amides is 1. The van der Waals surface area contributed by atoms with Gasteiger partial charge in [0.2, 0.25) is 0 Å². The topological polar surface area (TPSA) is 38.3 Å². The van der Waals surface area contributed by atoms with Gasteiger partial charge in [-0.25, -0.2) is 0 Å². The molecular formula is C19H20BrNO2. The first kappa shape index (κ1) is 16.1. The Morgan fingerprint density at radius 3 is 2.65 bits per heavy atom. The molecule has 0 aliphatic heterocycles. The molecule has 3 nitrogen and oxygen atoms in total. The van der Waals surface area contributed by atoms with Crippen LogP contribution in [0.4, 0.5) is 5.69 Å². The first-order valence-corrected chi connectivity index (χ1v) is 8.76. The standard InChI is InChI=1S/C19H20BrNO2/c1-13(19(22)21-18-9-5-4-8-17(18)20)23-16-11-10-14-6-2-3-7-15(14)12-16/h4-5,8-13H,2-3,6-7H2,1H3,(H,21,22)/t13-/m0/s1. The highest BCUT2D eigenvalue weighted by atomic mass is 79.9. The highest BCUT2D eigenvalue weighted by Crippen LogP contribution is 2.26. The van der Waals surface area contributed by atoms with Crippen molar-refractivity contribution in [3.05, 3.63) is 58.1 Å². The van der Waals surface area contributed by atoms with Gasteiger partial charge in [0.15, 0.2) is 6.10 Å². The number of anilines is 1. The predicted octanol–water partition coefficient (Wildman–Crippen LogP) is 4.73. The molecule has 0 saturated carbocycles. The minimum atomic E-state index is -0.552. The van der Waals surface area contributed by atoms with Gasteiger partial charge in [0.05, 0.1) is 5.69 Å². The molecule has 23 heavy (non-hydrogen) atoms. The van der Waals surface area contributed by atoms with E-state index >= 15 is 0 Å². The first-order chi connectivity index (χ1) is 11.1. The van der Waals surface area contributed by atoms with Crippen LogP contribution in [0.15, 0.2) is 46.9 Å². The molecule has 0 bridgehead atoms. The Hall–Kier alpha value is -1.81. The van der Waals surface area contributed by atoms with Crippen LogP contribution >= 0.6 is 15.9 Å². The average Bonchev–Trinajstić information content (AvgIpc) is 2.56. The SMILES string of the molecule is C[C@H](Oc1ccc2c(c1)CCCC2)C(=O)Nc1ccccc1Br. The Labute approximate surface area is 145 Å². The normalized spacial score (nSPS) is 14.7. The van der Waals surface area contributed by atoms with E-state index in [-0.39, 0.29) is 5.91 Å². The molecule has 0 saturated heterocycles. The molecule has 1 atom stereocenters. The molecule has 1 N–H and O–H groups in total. The average molecular weight is 374 g/mol. The zero-order valence-electron chi connectivity index (χ0n) is 13.1. The van der Waals surface area contributed by atoms with Gasteiger partial charge in [0.1, 0.15) is 5.75 Å². The Kier molecular flexibility index (Phi) is 5.01. The van der Waals surface area contributed by atoms with Gasteiger partial charge in [-0.2, -0.15) is 0 Å². The summed E-state index contributed by atoms with van der Waals surface area (Å²) in [6, 6.07) is 13.7. The maximum absolute atomic E-state index is 12.3. The van der Waals surface area contributed by atoms with Gasteiger partial charge >= 0.3 is 0 Å². The summed E-state index contributed by atoms with van der Waals surface area (Å²) in [6.45, 7) is 1.77. The third kappa shape index (κ3) is 3.94. The maximum atomic E-state index is 12.3. The number of nitrogens with one attached hydrogen (secondary N) is 1. The second kappa shape index (κ2) is 7.18. The van der Waals surface area contributed by atoms with E-state index in [0.717, 1.165) is 28.8 Å². The van der Waals surface area contributed by atoms with E-state index in [1.54, 1.807) is 6.92 Å². The lowest BCUT2D eigenvalue weighted by molar-refractivity contribution is -0.122. The van der Waals surface area contributed by atoms with E-state index in [9.17, 15) is 4.79 Å². The number of fused-ring (bicyclic) bond motifs is 1. The van der Waals surface area contributed by atoms with Gasteiger partial charge in [-0.15, -0.1) is 0 Å². The van der Waals surface area contributed by atoms with Gasteiger partial charge < -0.3 is 10.1 Å². The summed E-state index contributed by atoms with van der Waals surface area (Å²) in [5.41, 5.74) is 3.51. The minimum Gasteiger partial charge on any atom is -0.481 e. The Morgan fingerprint density at radius 1 is 1.13 bits per heavy atom. The van der Waals surface area contributed by atoms with Crippen LogP contribution in [-0.2, 0) is 17.6 Å². The van der Waals surface area contributed by atoms with E-state index in [1.807, 2.05) is 30.3 Å². The van der Waals surface area contributed by atoms with E-state index in [2.05, 4.69) is 33.4 Å². The summed E-state index contributed by atoms with van der Waals surface area (Å²) < 4.78 is 6.68. The molecule has 1 aliphatic rings. The van der Waals surface area contributed by atoms with Crippen molar-refractivity contribution in [2.75, 3.05) is 5.32 Å². The molecule has 1 aliphatic carbocycles. The van der Waals surface area contributed by atoms with Crippen LogP contribution in [0.1, 0.15) is 30.9 Å². The summed E-state index contributed by atoms with van der Waals surface area (Å²) in [6.07, 6.45) is 4.19. The molecule has 120 valence electrons. The van der Waals surface area contributed by atoms with Crippen LogP contribution in [0.2, 0.25) is 0 Å². The number of ether oxygens (including phenoxy) is 1. The predicted molar refractivity (Wildman–Crippen MR) is 95.9 cm³/mol. The summed E-state index contributed by atoms with van der Waals surface area (Å²) in [5, 5.41) is 2.88. The number of rotatable bonds is 4. The van der Waals surface area contributed by atoms with Crippen molar-refractivity contribution < 1.29 is 9.53 Å². The minimum absolute atomic E-state index is 0.158. The summed E-state index contributed by atoms with van der Waals surface area (Å²) in [7, 11) is 0. The van der Waals surface area contributed by atoms with Gasteiger partial charge in [-0.05, 0) is 83.9 Å². The van der Waals surface area contributed by atoms with Crippen molar-refractivity contribution >= 4 is 27.5 Å². The van der Waals surface area contributed by atoms with Gasteiger partial charge in [0.25, 0.3) is 5.91 Å². The Bertz CT molecular complexity index is 714. The zero-order chi connectivity index (χ0) is 16.2. The first-order valence-electron chi connectivity index (χ1n) is 7.97. The van der Waals surface area contributed by atoms with Crippen molar-refractivity contribution in [3.63, 3.8) is 0 Å². The van der Waals surface area contributed by atoms with Crippen LogP contribution in [0.3, 0.4) is 0 Å². The quantitative estimate of drug-likeness (QED) is 0.840. The number of carbonyl (C=O) groups excluding carboxylic acids is 1. The lowest BCUT2D eigenvalue weighted by atomic mass is 9.92. The number of carbonyl (C=O) groups is 1. The van der Waals surface area contributed by atoms with Crippen LogP contribution in [0, 0.1) is 0 Å². The second-order valence-electron chi connectivity index (χ2n) is 5.87. The lowest BCUT2D eigenvalue weighted by Gasteiger charge is -2.19. The third-order valence-corrected chi connectivity index (χ3v) is 4.83. The van der Waals surface area contributed by atoms with Gasteiger partial charge in [-0.3, -0.25) is 4.79 Å². The summed E-state index contributed by atoms with van der Waals surface area (Å²) in [5.74, 6) is 0.607. The molecule has 4 heteroatoms. The molecule has 0 radical (unpaired) electrons. The number of benzene rings is 2. The number of hydrogen-bond donors (Lipinski definition) is 1. The van der Waals surface area contributed by atoms with E-state index in [0.29, 0.717) is 0 Å². The van der Waals surface area contributed by atoms with E-state index in [1.165, 1.54) is 24.0 Å². The summed E-state index contributed by atoms with van der Waals surface area (Å²) >= 11 is 3.43. The fraction of sp³-hybridized carbons (Fsp3) is 0.316. The van der Waals surface area contributed by atoms with Crippen molar-refractivity contribution in [2.45, 2.75) is 38.7 Å². The molecule has 0 heterocycles. The van der Waals surface area contributed by atoms with Crippen molar-refractivity contribution in [1.29, 1.82) is 0 Å². The van der Waals surface area contributed by atoms with Gasteiger partial charge in [0, 0.05) is 4.47 Å². The van der Waals surface area contributed by atoms with E-state index < -0.39 is 6.10 Å². The van der Waals surface area contributed by atoms with Crippen molar-refractivity contribution in [3.8, 4) is 5.75 Å². The molecule has 2 aromatic rings. The van der Waals surface area contributed by atoms with Crippen LogP contribution in [0.25, 0.3) is 0 Å². The Morgan fingerprint density at radius 2 is 1.87 bits per heavy atom. The second-order valence-corrected chi connectivity index (χ2v) is 6.72. The number of hydrogen-bond acceptors (Lipinski definition) is 2. The highest BCUT2D eigenvalue weighted by Gasteiger charge is 2.17. The smallest absolute Gasteiger partial charge is 0.265 e. The zero-order valence-corrected chi connectivity index (χ0v) is 14.7. The van der Waals surface area contributed by atoms with Crippen LogP contribution in [-0.4, -0.2) is 12.0 Å². The number of aryl methyl sites for hydroxylation is 2. The highest BCUT2D eigenvalue weighted by molar-refractivity contribution is 9.10. The molecule has 2 aromatic carbocycles. The molecule has 0 unspecified atom stereocenters. The van der Waals surface area contributed by atoms with Gasteiger partial charge in [-0.1, -0.05) is 18.2 Å². The van der Waals surface area contributed by atoms with Crippen LogP contribution in [0.5, 0.6) is 5.75 Å². The number of halogens is 1. The Balaban J connectivity index is 1.65. The molecule has 1 amide bonds. The molecule has 0 aromatic heterocycles. The fourth-order valence-electron chi connectivity index (χ4n) is 2.84. The third-order valence-electron chi connectivity index (χ3n) is 4.13. The largest absolute Gasteiger partial charge is 0.481 e.